The molecule has 1 aliphatic carbocycles. The average molecular weight is 418 g/mol. The Morgan fingerprint density at radius 2 is 1.94 bits per heavy atom. The fourth-order valence-corrected chi connectivity index (χ4v) is 13.3. The number of hydrogen-bond donors (Lipinski definition) is 0. The molecule has 0 saturated heterocycles. The van der Waals surface area contributed by atoms with E-state index in [1.807, 2.05) is 3.96 Å². The predicted octanol–water partition coefficient (Wildman–Crippen LogP) is 5.32. The van der Waals surface area contributed by atoms with Crippen LogP contribution < -0.4 is 0 Å². The molecule has 0 spiro atoms. The fourth-order valence-electron chi connectivity index (χ4n) is 2.34. The Morgan fingerprint density at radius 3 is 2.38 bits per heavy atom. The normalized spacial score (nSPS) is 18.1. The second kappa shape index (κ2) is 4.78. The van der Waals surface area contributed by atoms with Gasteiger partial charge in [0, 0.05) is 0 Å². The number of rotatable bonds is 4. The zero-order valence-electron chi connectivity index (χ0n) is 11.6. The van der Waals surface area contributed by atoms with Crippen molar-refractivity contribution >= 4 is 8.07 Å². The molecule has 1 aliphatic rings. The van der Waals surface area contributed by atoms with E-state index in [4.69, 9.17) is 0 Å². The molecule has 0 aromatic rings. The van der Waals surface area contributed by atoms with Crippen LogP contribution in [-0.2, 0) is 16.1 Å². The molecule has 0 bridgehead atoms. The van der Waals surface area contributed by atoms with Crippen LogP contribution in [0.1, 0.15) is 13.3 Å². The zero-order valence-corrected chi connectivity index (χ0v) is 14.9. The van der Waals surface area contributed by atoms with E-state index in [0.717, 1.165) is 0 Å². The topological polar surface area (TPSA) is 0 Å². The molecule has 0 fully saturated rings. The first-order chi connectivity index (χ1) is 7.14. The maximum atomic E-state index is 4.10. The Balaban J connectivity index is 3.09. The van der Waals surface area contributed by atoms with E-state index in [-0.39, 0.29) is 0 Å². The number of allylic oxidation sites excluding steroid dienone is 5. The van der Waals surface area contributed by atoms with Gasteiger partial charge in [0.15, 0.2) is 0 Å². The van der Waals surface area contributed by atoms with Gasteiger partial charge >= 0.3 is 106 Å². The number of hydrogen-bond acceptors (Lipinski definition) is 0. The monoisotopic (exact) mass is 417 g/mol. The molecular weight excluding hydrogens is 391 g/mol. The van der Waals surface area contributed by atoms with Crippen molar-refractivity contribution in [2.75, 3.05) is 0 Å². The van der Waals surface area contributed by atoms with Gasteiger partial charge in [-0.2, -0.15) is 0 Å². The van der Waals surface area contributed by atoms with Gasteiger partial charge in [-0.3, -0.25) is 0 Å². The van der Waals surface area contributed by atoms with Crippen molar-refractivity contribution in [1.82, 2.24) is 0 Å². The predicted molar refractivity (Wildman–Crippen MR) is 75.5 cm³/mol. The van der Waals surface area contributed by atoms with Crippen molar-refractivity contribution in [2.24, 2.45) is 0 Å². The summed E-state index contributed by atoms with van der Waals surface area (Å²) in [4.78, 5) is 0. The Morgan fingerprint density at radius 1 is 1.38 bits per heavy atom. The molecule has 0 nitrogen and oxygen atoms in total. The van der Waals surface area contributed by atoms with Crippen molar-refractivity contribution in [1.29, 1.82) is 0 Å². The third kappa shape index (κ3) is 3.31. The summed E-state index contributed by atoms with van der Waals surface area (Å²) in [5.74, 6) is 0. The first kappa shape index (κ1) is 14.2. The Kier molecular flexibility index (Phi) is 4.24. The SMILES string of the molecule is C=C(C)C[Si](C)(C)C1=[C]([Pt]([CH3])([CH3])[CH3])CC=C1. The van der Waals surface area contributed by atoms with Crippen molar-refractivity contribution in [3.63, 3.8) is 0 Å². The summed E-state index contributed by atoms with van der Waals surface area (Å²) in [6.45, 7) is 11.3. The van der Waals surface area contributed by atoms with E-state index in [1.54, 1.807) is 5.20 Å². The van der Waals surface area contributed by atoms with E-state index in [1.165, 1.54) is 18.0 Å². The minimum atomic E-state index is -1.56. The van der Waals surface area contributed by atoms with Gasteiger partial charge in [-0.1, -0.05) is 0 Å². The summed E-state index contributed by atoms with van der Waals surface area (Å²) in [5, 5.41) is 9.29. The van der Waals surface area contributed by atoms with E-state index >= 15 is 0 Å². The Hall–Kier alpha value is 0.125. The molecular formula is C14H26PtSi. The summed E-state index contributed by atoms with van der Waals surface area (Å²) < 4.78 is 1.84. The van der Waals surface area contributed by atoms with Crippen LogP contribution in [-0.4, -0.2) is 8.07 Å². The van der Waals surface area contributed by atoms with Crippen molar-refractivity contribution in [3.05, 3.63) is 33.5 Å². The quantitative estimate of drug-likeness (QED) is 0.429. The first-order valence-electron chi connectivity index (χ1n) is 5.55. The minimum absolute atomic E-state index is 1.24. The van der Waals surface area contributed by atoms with Crippen LogP contribution in [0.4, 0.5) is 0 Å². The van der Waals surface area contributed by atoms with E-state index < -0.39 is 24.1 Å². The van der Waals surface area contributed by atoms with E-state index in [9.17, 15) is 0 Å². The van der Waals surface area contributed by atoms with Crippen LogP contribution in [0, 0.1) is 0 Å². The van der Waals surface area contributed by atoms with Crippen LogP contribution in [0.2, 0.25) is 35.1 Å². The van der Waals surface area contributed by atoms with E-state index in [2.05, 4.69) is 54.7 Å². The van der Waals surface area contributed by atoms with Crippen LogP contribution >= 0.6 is 0 Å². The molecule has 0 amide bonds. The van der Waals surface area contributed by atoms with Crippen LogP contribution in [0.15, 0.2) is 33.5 Å². The molecule has 0 radical (unpaired) electrons. The van der Waals surface area contributed by atoms with Gasteiger partial charge in [-0.15, -0.1) is 0 Å². The third-order valence-electron chi connectivity index (χ3n) is 2.89. The molecule has 0 unspecified atom stereocenters. The van der Waals surface area contributed by atoms with Gasteiger partial charge in [0.1, 0.15) is 0 Å². The molecule has 0 saturated carbocycles. The molecule has 1 rings (SSSR count). The molecule has 0 atom stereocenters. The Labute approximate surface area is 106 Å². The molecule has 0 aromatic carbocycles. The molecule has 96 valence electrons. The van der Waals surface area contributed by atoms with Crippen molar-refractivity contribution < 1.29 is 16.1 Å². The molecule has 0 aromatic heterocycles. The zero-order chi connectivity index (χ0) is 12.6. The van der Waals surface area contributed by atoms with Crippen molar-refractivity contribution in [3.8, 4) is 0 Å². The standard InChI is InChI=1S/C11H17Si.3CH3.Pt/c1-10(2)9-12(3,4)11-7-5-6-8-11;;;;/h5,7H,1,6,9H2,2-4H3;3*1H3;. The van der Waals surface area contributed by atoms with Crippen molar-refractivity contribution in [2.45, 2.75) is 48.4 Å². The third-order valence-corrected chi connectivity index (χ3v) is 12.0. The fraction of sp³-hybridized carbons (Fsp3) is 0.571. The second-order valence-electron chi connectivity index (χ2n) is 5.83. The van der Waals surface area contributed by atoms with Crippen LogP contribution in [0.25, 0.3) is 0 Å². The summed E-state index contributed by atoms with van der Waals surface area (Å²) >= 11 is -1.56. The Bertz CT molecular complexity index is 353. The van der Waals surface area contributed by atoms with Gasteiger partial charge < -0.3 is 0 Å². The summed E-state index contributed by atoms with van der Waals surface area (Å²) in [6.07, 6.45) is 6.05. The molecule has 2 heteroatoms. The second-order valence-corrected chi connectivity index (χ2v) is 22.1. The average Bonchev–Trinajstić information content (AvgIpc) is 2.46. The van der Waals surface area contributed by atoms with Gasteiger partial charge in [0.25, 0.3) is 0 Å². The summed E-state index contributed by atoms with van der Waals surface area (Å²) in [5.41, 5.74) is 1.35. The summed E-state index contributed by atoms with van der Waals surface area (Å²) in [7, 11) is -1.27. The molecule has 0 aliphatic heterocycles. The van der Waals surface area contributed by atoms with Gasteiger partial charge in [-0.05, 0) is 0 Å². The first-order valence-corrected chi connectivity index (χ1v) is 16.7. The molecule has 16 heavy (non-hydrogen) atoms. The van der Waals surface area contributed by atoms with Crippen LogP contribution in [0.3, 0.4) is 0 Å². The van der Waals surface area contributed by atoms with Gasteiger partial charge in [-0.25, -0.2) is 0 Å². The van der Waals surface area contributed by atoms with Gasteiger partial charge in [0.2, 0.25) is 0 Å². The van der Waals surface area contributed by atoms with Gasteiger partial charge in [0.05, 0.1) is 0 Å². The van der Waals surface area contributed by atoms with E-state index in [0.29, 0.717) is 0 Å². The van der Waals surface area contributed by atoms with Crippen LogP contribution in [0.5, 0.6) is 0 Å². The molecule has 0 N–H and O–H groups in total. The summed E-state index contributed by atoms with van der Waals surface area (Å²) in [6, 6.07) is 1.24. The maximum absolute atomic E-state index is 4.10. The molecule has 0 heterocycles.